The number of rotatable bonds is 6. The molecule has 0 bridgehead atoms. The van der Waals surface area contributed by atoms with Gasteiger partial charge in [-0.05, 0) is 13.2 Å². The fraction of sp³-hybridized carbons (Fsp3) is 0.545. The lowest BCUT2D eigenvalue weighted by molar-refractivity contribution is 0.930. The monoisotopic (exact) mass is 298 g/mol. The minimum atomic E-state index is 0.503. The lowest BCUT2D eigenvalue weighted by atomic mass is 10.4. The molecule has 8 heteroatoms. The number of H-pyrrole nitrogens is 1. The largest absolute Gasteiger partial charge is 0.355 e. The van der Waals surface area contributed by atoms with Crippen LogP contribution in [0, 0.1) is 18.4 Å². The third-order valence-corrected chi connectivity index (χ3v) is 3.88. The van der Waals surface area contributed by atoms with Gasteiger partial charge in [0, 0.05) is 30.8 Å². The van der Waals surface area contributed by atoms with E-state index in [1.165, 1.54) is 0 Å². The van der Waals surface area contributed by atoms with Crippen molar-refractivity contribution in [3.63, 3.8) is 0 Å². The molecule has 0 aliphatic rings. The van der Waals surface area contributed by atoms with Crippen molar-refractivity contribution in [2.24, 2.45) is 4.99 Å². The minimum absolute atomic E-state index is 0.503. The van der Waals surface area contributed by atoms with E-state index in [2.05, 4.69) is 25.6 Å². The molecule has 1 rings (SSSR count). The van der Waals surface area contributed by atoms with Gasteiger partial charge in [0.15, 0.2) is 11.3 Å². The number of aromatic nitrogens is 2. The Morgan fingerprint density at radius 2 is 2.37 bits per heavy atom. The highest BCUT2D eigenvalue weighted by molar-refractivity contribution is 7.98. The van der Waals surface area contributed by atoms with Crippen LogP contribution in [-0.2, 0) is 5.75 Å². The van der Waals surface area contributed by atoms with E-state index in [4.69, 9.17) is 5.26 Å². The Morgan fingerprint density at radius 1 is 1.58 bits per heavy atom. The van der Waals surface area contributed by atoms with E-state index in [-0.39, 0.29) is 0 Å². The van der Waals surface area contributed by atoms with Gasteiger partial charge in [-0.15, -0.1) is 0 Å². The van der Waals surface area contributed by atoms with Crippen LogP contribution >= 0.6 is 23.5 Å². The van der Waals surface area contributed by atoms with Crippen LogP contribution in [0.3, 0.4) is 0 Å². The Kier molecular flexibility index (Phi) is 7.22. The molecule has 1 aromatic heterocycles. The van der Waals surface area contributed by atoms with E-state index in [1.54, 1.807) is 30.6 Å². The van der Waals surface area contributed by atoms with Gasteiger partial charge < -0.3 is 10.3 Å². The minimum Gasteiger partial charge on any atom is -0.355 e. The normalized spacial score (nSPS) is 11.2. The van der Waals surface area contributed by atoms with Gasteiger partial charge in [-0.25, -0.2) is 4.98 Å². The summed E-state index contributed by atoms with van der Waals surface area (Å²) < 4.78 is 0. The third kappa shape index (κ3) is 5.44. The molecule has 0 aliphatic carbocycles. The van der Waals surface area contributed by atoms with Crippen molar-refractivity contribution in [1.29, 1.82) is 5.26 Å². The number of nitrogens with zero attached hydrogens (tertiary/aromatic N) is 3. The van der Waals surface area contributed by atoms with Gasteiger partial charge in [-0.1, -0.05) is 11.8 Å². The van der Waals surface area contributed by atoms with Crippen LogP contribution in [0.5, 0.6) is 0 Å². The van der Waals surface area contributed by atoms with E-state index in [0.29, 0.717) is 5.96 Å². The van der Waals surface area contributed by atoms with Gasteiger partial charge in [0.2, 0.25) is 5.96 Å². The number of guanidine groups is 1. The van der Waals surface area contributed by atoms with Gasteiger partial charge >= 0.3 is 0 Å². The highest BCUT2D eigenvalue weighted by atomic mass is 32.2. The maximum absolute atomic E-state index is 8.47. The Hall–Kier alpha value is -1.33. The second kappa shape index (κ2) is 8.72. The fourth-order valence-corrected chi connectivity index (χ4v) is 2.67. The highest BCUT2D eigenvalue weighted by Crippen LogP contribution is 2.17. The molecule has 0 radical (unpaired) electrons. The summed E-state index contributed by atoms with van der Waals surface area (Å²) in [6.07, 6.45) is 3.84. The molecule has 0 saturated heterocycles. The predicted molar refractivity (Wildman–Crippen MR) is 81.4 cm³/mol. The first-order valence-corrected chi connectivity index (χ1v) is 8.12. The van der Waals surface area contributed by atoms with E-state index < -0.39 is 0 Å². The highest BCUT2D eigenvalue weighted by Gasteiger charge is 2.05. The van der Waals surface area contributed by atoms with Crippen molar-refractivity contribution in [1.82, 2.24) is 20.6 Å². The van der Waals surface area contributed by atoms with E-state index >= 15 is 0 Å². The van der Waals surface area contributed by atoms with Gasteiger partial charge in [-0.2, -0.15) is 17.0 Å². The van der Waals surface area contributed by atoms with Crippen LogP contribution in [0.1, 0.15) is 11.4 Å². The molecule has 0 unspecified atom stereocenters. The second-order valence-corrected chi connectivity index (χ2v) is 5.51. The first-order chi connectivity index (χ1) is 9.21. The van der Waals surface area contributed by atoms with Gasteiger partial charge in [0.05, 0.1) is 5.69 Å². The second-order valence-electron chi connectivity index (χ2n) is 3.61. The molecule has 1 aromatic rings. The summed E-state index contributed by atoms with van der Waals surface area (Å²) in [5.41, 5.74) is 2.24. The topological polar surface area (TPSA) is 88.9 Å². The van der Waals surface area contributed by atoms with Crippen molar-refractivity contribution in [3.8, 4) is 6.19 Å². The molecule has 0 amide bonds. The Labute approximate surface area is 121 Å². The summed E-state index contributed by atoms with van der Waals surface area (Å²) in [6, 6.07) is 0. The summed E-state index contributed by atoms with van der Waals surface area (Å²) in [5, 5.41) is 15.0. The van der Waals surface area contributed by atoms with Gasteiger partial charge in [0.25, 0.3) is 0 Å². The molecule has 0 atom stereocenters. The number of thioether (sulfide) groups is 2. The zero-order chi connectivity index (χ0) is 14.1. The molecule has 0 saturated carbocycles. The fourth-order valence-electron chi connectivity index (χ4n) is 1.35. The summed E-state index contributed by atoms with van der Waals surface area (Å²) in [7, 11) is 1.64. The number of nitrogens with one attached hydrogen (secondary N) is 3. The molecule has 3 N–H and O–H groups in total. The Morgan fingerprint density at radius 3 is 2.95 bits per heavy atom. The molecule has 0 fully saturated rings. The lowest BCUT2D eigenvalue weighted by Crippen LogP contribution is -2.35. The number of hydrogen-bond donors (Lipinski definition) is 3. The number of aromatic amines is 1. The molecular formula is C11H18N6S2. The van der Waals surface area contributed by atoms with Crippen molar-refractivity contribution in [2.45, 2.75) is 17.8 Å². The van der Waals surface area contributed by atoms with Crippen molar-refractivity contribution in [2.75, 3.05) is 25.6 Å². The van der Waals surface area contributed by atoms with E-state index in [0.717, 1.165) is 34.6 Å². The zero-order valence-corrected chi connectivity index (χ0v) is 12.9. The zero-order valence-electron chi connectivity index (χ0n) is 11.3. The standard InChI is InChI=1S/C11H18N6S2/c1-8-9(17-11(16-8)18-3)6-19-5-4-14-10(13-2)15-7-12/h4-6H2,1-3H3,(H,16,17)(H2,13,14,15). The van der Waals surface area contributed by atoms with Crippen LogP contribution in [0.25, 0.3) is 0 Å². The van der Waals surface area contributed by atoms with Gasteiger partial charge in [0.1, 0.15) is 0 Å². The molecule has 6 nitrogen and oxygen atoms in total. The molecule has 0 spiro atoms. The quantitative estimate of drug-likeness (QED) is 0.183. The average Bonchev–Trinajstić information content (AvgIpc) is 2.78. The molecule has 104 valence electrons. The summed E-state index contributed by atoms with van der Waals surface area (Å²) >= 11 is 3.41. The van der Waals surface area contributed by atoms with E-state index in [9.17, 15) is 0 Å². The van der Waals surface area contributed by atoms with Crippen molar-refractivity contribution >= 4 is 29.5 Å². The first kappa shape index (κ1) is 15.7. The number of imidazole rings is 1. The SMILES string of the molecule is CN=C(NC#N)NCCSCc1nc(SC)[nH]c1C. The number of aryl methyl sites for hydroxylation is 1. The summed E-state index contributed by atoms with van der Waals surface area (Å²) in [4.78, 5) is 11.6. The Bertz CT molecular complexity index is 462. The van der Waals surface area contributed by atoms with Crippen LogP contribution in [0.2, 0.25) is 0 Å². The average molecular weight is 298 g/mol. The van der Waals surface area contributed by atoms with Crippen molar-refractivity contribution < 1.29 is 0 Å². The van der Waals surface area contributed by atoms with Crippen LogP contribution in [0.15, 0.2) is 10.1 Å². The van der Waals surface area contributed by atoms with Crippen LogP contribution < -0.4 is 10.6 Å². The predicted octanol–water partition coefficient (Wildman–Crippen LogP) is 1.32. The molecule has 0 aliphatic heterocycles. The van der Waals surface area contributed by atoms with Gasteiger partial charge in [-0.3, -0.25) is 10.3 Å². The number of hydrogen-bond acceptors (Lipinski definition) is 5. The van der Waals surface area contributed by atoms with Crippen LogP contribution in [0.4, 0.5) is 0 Å². The van der Waals surface area contributed by atoms with Crippen molar-refractivity contribution in [3.05, 3.63) is 11.4 Å². The summed E-state index contributed by atoms with van der Waals surface area (Å²) in [5.74, 6) is 2.31. The maximum Gasteiger partial charge on any atom is 0.204 e. The number of aliphatic imine (C=N–C) groups is 1. The maximum atomic E-state index is 8.47. The Balaban J connectivity index is 2.24. The first-order valence-electron chi connectivity index (χ1n) is 5.74. The molecular weight excluding hydrogens is 280 g/mol. The molecule has 0 aromatic carbocycles. The lowest BCUT2D eigenvalue weighted by Gasteiger charge is -2.06. The molecule has 1 heterocycles. The summed E-state index contributed by atoms with van der Waals surface area (Å²) in [6.45, 7) is 2.80. The third-order valence-electron chi connectivity index (χ3n) is 2.33. The smallest absolute Gasteiger partial charge is 0.204 e. The number of nitriles is 1. The van der Waals surface area contributed by atoms with E-state index in [1.807, 2.05) is 19.4 Å². The van der Waals surface area contributed by atoms with Crippen LogP contribution in [-0.4, -0.2) is 41.5 Å². The molecule has 19 heavy (non-hydrogen) atoms.